The van der Waals surface area contributed by atoms with Crippen molar-refractivity contribution in [2.24, 2.45) is 11.8 Å². The van der Waals surface area contributed by atoms with Gasteiger partial charge < -0.3 is 14.5 Å². The Morgan fingerprint density at radius 3 is 2.31 bits per heavy atom. The molecule has 2 fully saturated rings. The second-order valence-corrected chi connectivity index (χ2v) is 9.54. The van der Waals surface area contributed by atoms with Crippen LogP contribution in [0.25, 0.3) is 0 Å². The van der Waals surface area contributed by atoms with Crippen molar-refractivity contribution in [1.29, 1.82) is 0 Å². The van der Waals surface area contributed by atoms with E-state index in [0.29, 0.717) is 24.1 Å². The summed E-state index contributed by atoms with van der Waals surface area (Å²) in [6, 6.07) is 18.4. The molecule has 0 radical (unpaired) electrons. The molecule has 35 heavy (non-hydrogen) atoms. The molecule has 8 nitrogen and oxygen atoms in total. The van der Waals surface area contributed by atoms with Crippen LogP contribution in [0, 0.1) is 11.8 Å². The minimum Gasteiger partial charge on any atom is -0.489 e. The van der Waals surface area contributed by atoms with Gasteiger partial charge in [0.05, 0.1) is 18.1 Å². The summed E-state index contributed by atoms with van der Waals surface area (Å²) in [5.74, 6) is 1.73. The van der Waals surface area contributed by atoms with Gasteiger partial charge in [0.25, 0.3) is 0 Å². The third kappa shape index (κ3) is 5.22. The Kier molecular flexibility index (Phi) is 6.55. The topological polar surface area (TPSA) is 70.9 Å². The number of anilines is 1. The number of rotatable bonds is 6. The number of amides is 2. The number of hydrogen-bond donors (Lipinski definition) is 0. The zero-order valence-electron chi connectivity index (χ0n) is 20.2. The first-order chi connectivity index (χ1) is 17.0. The van der Waals surface area contributed by atoms with Gasteiger partial charge in [0.2, 0.25) is 5.91 Å². The number of ether oxygens (including phenoxy) is 1. The zero-order valence-corrected chi connectivity index (χ0v) is 20.2. The standard InChI is InChI=1S/C27H31N5O3/c1-20(33)29(2)25-12-28-32(18-25)27(34)31-16-23-14-30(15-24(23)17-31)13-21-8-10-26(11-9-21)35-19-22-6-4-3-5-7-22/h3-12,18,23-24H,13-17,19H2,1-2H3. The first kappa shape index (κ1) is 23.1. The fourth-order valence-electron chi connectivity index (χ4n) is 4.98. The van der Waals surface area contributed by atoms with Gasteiger partial charge in [-0.3, -0.25) is 9.69 Å². The molecule has 182 valence electrons. The molecule has 1 aromatic heterocycles. The van der Waals surface area contributed by atoms with E-state index in [1.54, 1.807) is 19.4 Å². The average Bonchev–Trinajstić information content (AvgIpc) is 3.59. The molecule has 8 heteroatoms. The molecular weight excluding hydrogens is 442 g/mol. The zero-order chi connectivity index (χ0) is 24.4. The molecule has 0 N–H and O–H groups in total. The lowest BCUT2D eigenvalue weighted by Crippen LogP contribution is -2.36. The van der Waals surface area contributed by atoms with Crippen LogP contribution in [-0.4, -0.2) is 64.7 Å². The number of carbonyl (C=O) groups is 2. The highest BCUT2D eigenvalue weighted by Gasteiger charge is 2.42. The maximum atomic E-state index is 12.9. The summed E-state index contributed by atoms with van der Waals surface area (Å²) in [6.07, 6.45) is 3.17. The van der Waals surface area contributed by atoms with E-state index in [1.807, 2.05) is 35.2 Å². The third-order valence-electron chi connectivity index (χ3n) is 7.03. The summed E-state index contributed by atoms with van der Waals surface area (Å²) in [7, 11) is 1.67. The molecule has 0 bridgehead atoms. The van der Waals surface area contributed by atoms with Crippen LogP contribution >= 0.6 is 0 Å². The fourth-order valence-corrected chi connectivity index (χ4v) is 4.98. The lowest BCUT2D eigenvalue weighted by molar-refractivity contribution is -0.116. The molecule has 2 unspecified atom stereocenters. The highest BCUT2D eigenvalue weighted by molar-refractivity contribution is 5.91. The van der Waals surface area contributed by atoms with Crippen molar-refractivity contribution in [2.75, 3.05) is 38.1 Å². The van der Waals surface area contributed by atoms with Gasteiger partial charge in [-0.1, -0.05) is 42.5 Å². The van der Waals surface area contributed by atoms with Crippen LogP contribution in [0.3, 0.4) is 0 Å². The van der Waals surface area contributed by atoms with E-state index in [9.17, 15) is 9.59 Å². The highest BCUT2D eigenvalue weighted by Crippen LogP contribution is 2.32. The van der Waals surface area contributed by atoms with E-state index in [4.69, 9.17) is 4.74 Å². The van der Waals surface area contributed by atoms with Crippen LogP contribution in [-0.2, 0) is 17.9 Å². The van der Waals surface area contributed by atoms with Gasteiger partial charge in [-0.05, 0) is 35.1 Å². The van der Waals surface area contributed by atoms with Crippen molar-refractivity contribution in [1.82, 2.24) is 19.6 Å². The van der Waals surface area contributed by atoms with E-state index in [0.717, 1.165) is 44.0 Å². The number of benzene rings is 2. The van der Waals surface area contributed by atoms with Crippen LogP contribution in [0.5, 0.6) is 5.75 Å². The molecule has 2 aromatic carbocycles. The molecule has 0 aliphatic carbocycles. The minimum atomic E-state index is -0.125. The van der Waals surface area contributed by atoms with Gasteiger partial charge in [0, 0.05) is 46.7 Å². The predicted molar refractivity (Wildman–Crippen MR) is 133 cm³/mol. The molecular formula is C27H31N5O3. The van der Waals surface area contributed by atoms with Crippen molar-refractivity contribution >= 4 is 17.6 Å². The van der Waals surface area contributed by atoms with Crippen molar-refractivity contribution in [3.05, 3.63) is 78.1 Å². The summed E-state index contributed by atoms with van der Waals surface area (Å²) in [6.45, 7) is 6.41. The van der Waals surface area contributed by atoms with Gasteiger partial charge in [-0.15, -0.1) is 0 Å². The van der Waals surface area contributed by atoms with Crippen LogP contribution in [0.4, 0.5) is 10.5 Å². The van der Waals surface area contributed by atoms with Crippen LogP contribution in [0.1, 0.15) is 18.1 Å². The Morgan fingerprint density at radius 1 is 0.971 bits per heavy atom. The number of likely N-dealkylation sites (tertiary alicyclic amines) is 2. The minimum absolute atomic E-state index is 0.0952. The highest BCUT2D eigenvalue weighted by atomic mass is 16.5. The summed E-state index contributed by atoms with van der Waals surface area (Å²) >= 11 is 0. The average molecular weight is 474 g/mol. The quantitative estimate of drug-likeness (QED) is 0.548. The van der Waals surface area contributed by atoms with E-state index in [-0.39, 0.29) is 11.9 Å². The Balaban J connectivity index is 1.10. The number of carbonyl (C=O) groups excluding carboxylic acids is 2. The van der Waals surface area contributed by atoms with Crippen molar-refractivity contribution in [3.8, 4) is 5.75 Å². The summed E-state index contributed by atoms with van der Waals surface area (Å²) in [5.41, 5.74) is 3.04. The monoisotopic (exact) mass is 473 g/mol. The van der Waals surface area contributed by atoms with E-state index < -0.39 is 0 Å². The molecule has 0 spiro atoms. The predicted octanol–water partition coefficient (Wildman–Crippen LogP) is 3.48. The van der Waals surface area contributed by atoms with Gasteiger partial charge in [-0.2, -0.15) is 9.78 Å². The largest absolute Gasteiger partial charge is 0.489 e. The smallest absolute Gasteiger partial charge is 0.344 e. The molecule has 3 aromatic rings. The number of aromatic nitrogens is 2. The second kappa shape index (κ2) is 9.92. The maximum Gasteiger partial charge on any atom is 0.344 e. The molecule has 2 aliphatic rings. The van der Waals surface area contributed by atoms with Gasteiger partial charge >= 0.3 is 6.03 Å². The molecule has 2 amide bonds. The van der Waals surface area contributed by atoms with Crippen LogP contribution in [0.2, 0.25) is 0 Å². The van der Waals surface area contributed by atoms with E-state index >= 15 is 0 Å². The molecule has 0 saturated carbocycles. The molecule has 3 heterocycles. The van der Waals surface area contributed by atoms with Gasteiger partial charge in [-0.25, -0.2) is 4.79 Å². The molecule has 2 saturated heterocycles. The van der Waals surface area contributed by atoms with Crippen molar-refractivity contribution in [3.63, 3.8) is 0 Å². The number of fused-ring (bicyclic) bond motifs is 1. The maximum absolute atomic E-state index is 12.9. The Bertz CT molecular complexity index is 1160. The normalized spacial score (nSPS) is 19.5. The lowest BCUT2D eigenvalue weighted by Gasteiger charge is -2.21. The van der Waals surface area contributed by atoms with Crippen molar-refractivity contribution < 1.29 is 14.3 Å². The Hall–Kier alpha value is -3.65. The fraction of sp³-hybridized carbons (Fsp3) is 0.370. The van der Waals surface area contributed by atoms with Crippen molar-refractivity contribution in [2.45, 2.75) is 20.1 Å². The Morgan fingerprint density at radius 2 is 1.66 bits per heavy atom. The summed E-state index contributed by atoms with van der Waals surface area (Å²) in [4.78, 5) is 30.3. The van der Waals surface area contributed by atoms with Gasteiger partial charge in [0.1, 0.15) is 12.4 Å². The lowest BCUT2D eigenvalue weighted by atomic mass is 10.0. The summed E-state index contributed by atoms with van der Waals surface area (Å²) < 4.78 is 7.24. The van der Waals surface area contributed by atoms with Gasteiger partial charge in [0.15, 0.2) is 0 Å². The van der Waals surface area contributed by atoms with Crippen LogP contribution < -0.4 is 9.64 Å². The first-order valence-electron chi connectivity index (χ1n) is 12.0. The second-order valence-electron chi connectivity index (χ2n) is 9.54. The summed E-state index contributed by atoms with van der Waals surface area (Å²) in [5, 5.41) is 4.18. The Labute approximate surface area is 205 Å². The SMILES string of the molecule is CC(=O)N(C)c1cnn(C(=O)N2CC3CN(Cc4ccc(OCc5ccccc5)cc4)CC3C2)c1. The molecule has 2 atom stereocenters. The number of nitrogens with zero attached hydrogens (tertiary/aromatic N) is 5. The molecule has 2 aliphatic heterocycles. The first-order valence-corrected chi connectivity index (χ1v) is 12.0. The van der Waals surface area contributed by atoms with Crippen LogP contribution in [0.15, 0.2) is 67.0 Å². The number of hydrogen-bond acceptors (Lipinski definition) is 5. The third-order valence-corrected chi connectivity index (χ3v) is 7.03. The molecule has 5 rings (SSSR count). The van der Waals surface area contributed by atoms with E-state index in [2.05, 4.69) is 34.3 Å². The van der Waals surface area contributed by atoms with E-state index in [1.165, 1.54) is 22.1 Å².